The standard InChI is InChI=1S/C43H44FN5O7/c1-4-55-32(23-50)24-56-38-12-9-29(18-39(38)53-3)30-17-34(41(46)47-20-30)33-11-10-31(19-37(33)44)48-42(52)36-22-49(26-43(25-45)13-15-54-16-14-43)21-35(40(36)51)28-7-5-27(2)6-8-28/h5-12,17-22,32,50H,4,13-16,23-24,26H2,1-3H3,(H2,46,47)(H,48,52)/t32-/m1/s1. The molecule has 0 unspecified atom stereocenters. The lowest BCUT2D eigenvalue weighted by molar-refractivity contribution is -0.00806. The molecule has 0 spiro atoms. The number of nitriles is 1. The third-order valence-corrected chi connectivity index (χ3v) is 9.82. The summed E-state index contributed by atoms with van der Waals surface area (Å²) in [6, 6.07) is 21.0. The first-order valence-electron chi connectivity index (χ1n) is 18.3. The quantitative estimate of drug-likeness (QED) is 0.112. The van der Waals surface area contributed by atoms with Crippen molar-refractivity contribution in [2.45, 2.75) is 39.3 Å². The summed E-state index contributed by atoms with van der Waals surface area (Å²) in [6.45, 7) is 5.28. The van der Waals surface area contributed by atoms with Crippen molar-refractivity contribution in [3.63, 3.8) is 0 Å². The molecule has 0 aliphatic carbocycles. The van der Waals surface area contributed by atoms with Gasteiger partial charge in [-0.15, -0.1) is 0 Å². The number of aryl methyl sites for hydroxylation is 1. The van der Waals surface area contributed by atoms with E-state index >= 15 is 4.39 Å². The molecular formula is C43H44FN5O7. The van der Waals surface area contributed by atoms with Crippen molar-refractivity contribution in [3.8, 4) is 50.9 Å². The van der Waals surface area contributed by atoms with Crippen molar-refractivity contribution in [1.29, 1.82) is 5.26 Å². The monoisotopic (exact) mass is 761 g/mol. The van der Waals surface area contributed by atoms with Crippen molar-refractivity contribution in [1.82, 2.24) is 9.55 Å². The number of hydrogen-bond donors (Lipinski definition) is 3. The minimum Gasteiger partial charge on any atom is -0.493 e. The fourth-order valence-corrected chi connectivity index (χ4v) is 6.64. The van der Waals surface area contributed by atoms with Gasteiger partial charge in [0.2, 0.25) is 5.43 Å². The van der Waals surface area contributed by atoms with Crippen LogP contribution in [-0.4, -0.2) is 66.8 Å². The van der Waals surface area contributed by atoms with E-state index in [0.29, 0.717) is 72.0 Å². The van der Waals surface area contributed by atoms with Gasteiger partial charge in [0.25, 0.3) is 5.91 Å². The van der Waals surface area contributed by atoms with Gasteiger partial charge in [0.05, 0.1) is 25.2 Å². The van der Waals surface area contributed by atoms with Gasteiger partial charge >= 0.3 is 0 Å². The zero-order chi connectivity index (χ0) is 39.8. The van der Waals surface area contributed by atoms with E-state index in [1.807, 2.05) is 38.1 Å². The Bertz CT molecular complexity index is 2300. The van der Waals surface area contributed by atoms with Crippen LogP contribution in [0.1, 0.15) is 35.7 Å². The molecule has 56 heavy (non-hydrogen) atoms. The average Bonchev–Trinajstić information content (AvgIpc) is 3.21. The van der Waals surface area contributed by atoms with E-state index in [0.717, 1.165) is 11.6 Å². The molecule has 0 bridgehead atoms. The average molecular weight is 762 g/mol. The Morgan fingerprint density at radius 2 is 1.79 bits per heavy atom. The summed E-state index contributed by atoms with van der Waals surface area (Å²) < 4.78 is 40.0. The smallest absolute Gasteiger partial charge is 0.261 e. The molecule has 1 fully saturated rings. The normalized spacial score (nSPS) is 14.1. The third-order valence-electron chi connectivity index (χ3n) is 9.82. The second-order valence-electron chi connectivity index (χ2n) is 13.7. The van der Waals surface area contributed by atoms with Gasteiger partial charge in [-0.25, -0.2) is 9.37 Å². The van der Waals surface area contributed by atoms with Crippen LogP contribution in [0, 0.1) is 29.5 Å². The summed E-state index contributed by atoms with van der Waals surface area (Å²) in [5.74, 6) is -0.422. The molecule has 290 valence electrons. The van der Waals surface area contributed by atoms with Crippen LogP contribution in [0.25, 0.3) is 33.4 Å². The van der Waals surface area contributed by atoms with Crippen LogP contribution in [-0.2, 0) is 16.0 Å². The molecule has 1 amide bonds. The van der Waals surface area contributed by atoms with Crippen molar-refractivity contribution >= 4 is 17.4 Å². The molecule has 3 aromatic carbocycles. The number of amides is 1. The molecule has 5 aromatic rings. The highest BCUT2D eigenvalue weighted by molar-refractivity contribution is 6.04. The third kappa shape index (κ3) is 8.90. The van der Waals surface area contributed by atoms with Crippen LogP contribution in [0.3, 0.4) is 0 Å². The highest BCUT2D eigenvalue weighted by Gasteiger charge is 2.33. The van der Waals surface area contributed by atoms with Gasteiger partial charge in [-0.3, -0.25) is 9.59 Å². The van der Waals surface area contributed by atoms with E-state index in [1.54, 1.807) is 41.2 Å². The summed E-state index contributed by atoms with van der Waals surface area (Å²) in [5, 5.41) is 22.3. The maximum atomic E-state index is 15.9. The number of halogens is 1. The number of aromatic nitrogens is 2. The SMILES string of the molecule is CCO[C@H](CO)COc1ccc(-c2cnc(N)c(-c3ccc(NC(=O)c4cn(CC5(C#N)CCOCC5)cc(-c5ccc(C)cc5)c4=O)cc3F)c2)cc1OC. The second kappa shape index (κ2) is 17.6. The van der Waals surface area contributed by atoms with Crippen LogP contribution in [0.4, 0.5) is 15.9 Å². The Morgan fingerprint density at radius 3 is 2.46 bits per heavy atom. The fraction of sp³-hybridized carbons (Fsp3) is 0.302. The van der Waals surface area contributed by atoms with Gasteiger partial charge in [-0.05, 0) is 74.2 Å². The molecule has 12 nitrogen and oxygen atoms in total. The van der Waals surface area contributed by atoms with E-state index in [2.05, 4.69) is 16.4 Å². The summed E-state index contributed by atoms with van der Waals surface area (Å²) >= 11 is 0. The van der Waals surface area contributed by atoms with Crippen LogP contribution in [0.2, 0.25) is 0 Å². The van der Waals surface area contributed by atoms with Gasteiger partial charge in [-0.1, -0.05) is 35.9 Å². The topological polar surface area (TPSA) is 171 Å². The Labute approximate surface area is 324 Å². The maximum Gasteiger partial charge on any atom is 0.261 e. The number of aliphatic hydroxyl groups is 1. The van der Waals surface area contributed by atoms with Gasteiger partial charge < -0.3 is 39.7 Å². The molecule has 1 aliphatic rings. The molecule has 1 atom stereocenters. The number of anilines is 2. The number of pyridine rings is 2. The lowest BCUT2D eigenvalue weighted by Crippen LogP contribution is -2.33. The number of ether oxygens (including phenoxy) is 4. The van der Waals surface area contributed by atoms with Crippen LogP contribution < -0.4 is 26.0 Å². The molecule has 3 heterocycles. The maximum absolute atomic E-state index is 15.9. The zero-order valence-electron chi connectivity index (χ0n) is 31.5. The van der Waals surface area contributed by atoms with Gasteiger partial charge in [0.1, 0.15) is 29.9 Å². The number of carbonyl (C=O) groups is 1. The number of nitrogens with zero attached hydrogens (tertiary/aromatic N) is 3. The summed E-state index contributed by atoms with van der Waals surface area (Å²) in [5.41, 5.74) is 8.74. The molecule has 0 radical (unpaired) electrons. The zero-order valence-corrected chi connectivity index (χ0v) is 31.5. The predicted molar refractivity (Wildman–Crippen MR) is 211 cm³/mol. The summed E-state index contributed by atoms with van der Waals surface area (Å²) in [6.07, 6.45) is 5.24. The van der Waals surface area contributed by atoms with Crippen LogP contribution in [0.15, 0.2) is 90.1 Å². The van der Waals surface area contributed by atoms with Crippen molar-refractivity contribution in [2.24, 2.45) is 5.41 Å². The number of aliphatic hydroxyl groups excluding tert-OH is 1. The number of methoxy groups -OCH3 is 1. The highest BCUT2D eigenvalue weighted by atomic mass is 19.1. The van der Waals surface area contributed by atoms with E-state index in [1.165, 1.54) is 25.4 Å². The Hall–Kier alpha value is -6.07. The number of nitrogens with two attached hydrogens (primary N) is 1. The van der Waals surface area contributed by atoms with E-state index in [9.17, 15) is 20.0 Å². The number of carbonyl (C=O) groups excluding carboxylic acids is 1. The van der Waals surface area contributed by atoms with Crippen LogP contribution in [0.5, 0.6) is 11.5 Å². The highest BCUT2D eigenvalue weighted by Crippen LogP contribution is 2.37. The molecule has 1 saturated heterocycles. The largest absolute Gasteiger partial charge is 0.493 e. The van der Waals surface area contributed by atoms with E-state index in [-0.39, 0.29) is 42.4 Å². The van der Waals surface area contributed by atoms with Gasteiger partial charge in [0, 0.05) is 72.9 Å². The van der Waals surface area contributed by atoms with Crippen molar-refractivity contribution < 1.29 is 33.2 Å². The molecule has 4 N–H and O–H groups in total. The number of rotatable bonds is 14. The molecule has 0 saturated carbocycles. The van der Waals surface area contributed by atoms with Crippen molar-refractivity contribution in [2.75, 3.05) is 51.2 Å². The molecular weight excluding hydrogens is 717 g/mol. The summed E-state index contributed by atoms with van der Waals surface area (Å²) in [7, 11) is 1.51. The first-order valence-corrected chi connectivity index (χ1v) is 18.3. The number of nitrogens with one attached hydrogen (secondary N) is 1. The Balaban J connectivity index is 1.26. The lowest BCUT2D eigenvalue weighted by Gasteiger charge is -2.31. The lowest BCUT2D eigenvalue weighted by atomic mass is 9.81. The van der Waals surface area contributed by atoms with E-state index in [4.69, 9.17) is 24.7 Å². The van der Waals surface area contributed by atoms with Crippen LogP contribution >= 0.6 is 0 Å². The molecule has 1 aliphatic heterocycles. The Morgan fingerprint density at radius 1 is 1.04 bits per heavy atom. The van der Waals surface area contributed by atoms with Crippen molar-refractivity contribution in [3.05, 3.63) is 112 Å². The number of hydrogen-bond acceptors (Lipinski definition) is 10. The molecule has 6 rings (SSSR count). The first kappa shape index (κ1) is 39.6. The fourth-order valence-electron chi connectivity index (χ4n) is 6.64. The predicted octanol–water partition coefficient (Wildman–Crippen LogP) is 6.63. The first-order chi connectivity index (χ1) is 27.1. The molecule has 13 heteroatoms. The second-order valence-corrected chi connectivity index (χ2v) is 13.7. The number of benzene rings is 3. The minimum absolute atomic E-state index is 0.0930. The van der Waals surface area contributed by atoms with E-state index < -0.39 is 28.7 Å². The number of nitrogen functional groups attached to an aromatic ring is 1. The summed E-state index contributed by atoms with van der Waals surface area (Å²) in [4.78, 5) is 32.0. The van der Waals surface area contributed by atoms with Gasteiger partial charge in [0.15, 0.2) is 11.5 Å². The molecule has 2 aromatic heterocycles. The minimum atomic E-state index is -0.725. The van der Waals surface area contributed by atoms with Gasteiger partial charge in [-0.2, -0.15) is 5.26 Å². The Kier molecular flexibility index (Phi) is 12.4.